The Morgan fingerprint density at radius 1 is 1.44 bits per heavy atom. The summed E-state index contributed by atoms with van der Waals surface area (Å²) in [5, 5.41) is 8.83. The largest absolute Gasteiger partial charge is 0.480 e. The van der Waals surface area contributed by atoms with E-state index in [2.05, 4.69) is 23.6 Å². The monoisotopic (exact) mass is 228 g/mol. The minimum atomic E-state index is -0.715. The normalized spacial score (nSPS) is 19.6. The van der Waals surface area contributed by atoms with Crippen LogP contribution in [0.1, 0.15) is 33.6 Å². The molecule has 1 aliphatic heterocycles. The molecule has 0 unspecified atom stereocenters. The van der Waals surface area contributed by atoms with E-state index in [4.69, 9.17) is 5.11 Å². The Labute approximate surface area is 98.2 Å². The number of hydrogen-bond acceptors (Lipinski definition) is 3. The molecule has 1 heterocycles. The molecule has 0 aromatic heterocycles. The van der Waals surface area contributed by atoms with E-state index in [1.807, 2.05) is 6.92 Å². The van der Waals surface area contributed by atoms with Gasteiger partial charge in [0.05, 0.1) is 6.54 Å². The molecule has 0 atom stereocenters. The summed E-state index contributed by atoms with van der Waals surface area (Å²) < 4.78 is 0. The molecule has 0 radical (unpaired) electrons. The predicted octanol–water partition coefficient (Wildman–Crippen LogP) is 1.27. The van der Waals surface area contributed by atoms with Crippen LogP contribution in [0.15, 0.2) is 0 Å². The molecule has 1 N–H and O–H groups in total. The van der Waals surface area contributed by atoms with Crippen LogP contribution in [0.3, 0.4) is 0 Å². The third kappa shape index (κ3) is 3.76. The number of carboxylic acid groups (broad SMARTS) is 1. The molecule has 94 valence electrons. The number of hydrogen-bond donors (Lipinski definition) is 1. The number of likely N-dealkylation sites (tertiary alicyclic amines) is 1. The maximum absolute atomic E-state index is 10.7. The average Bonchev–Trinajstić information content (AvgIpc) is 2.25. The standard InChI is InChI=1S/C12H24N2O2/c1-4-13(9-12(15)16)11-5-7-14(8-6-11)10(2)3/h10-11H,4-9H2,1-3H3,(H,15,16). The first kappa shape index (κ1) is 13.5. The number of likely N-dealkylation sites (N-methyl/N-ethyl adjacent to an activating group) is 1. The van der Waals surface area contributed by atoms with Crippen molar-refractivity contribution < 1.29 is 9.90 Å². The van der Waals surface area contributed by atoms with Crippen LogP contribution in [-0.2, 0) is 4.79 Å². The predicted molar refractivity (Wildman–Crippen MR) is 64.6 cm³/mol. The number of aliphatic carboxylic acids is 1. The van der Waals surface area contributed by atoms with Gasteiger partial charge in [-0.05, 0) is 46.3 Å². The van der Waals surface area contributed by atoms with Gasteiger partial charge in [-0.3, -0.25) is 9.69 Å². The van der Waals surface area contributed by atoms with Crippen molar-refractivity contribution in [3.63, 3.8) is 0 Å². The molecule has 1 aliphatic rings. The highest BCUT2D eigenvalue weighted by Gasteiger charge is 2.25. The second-order valence-electron chi connectivity index (χ2n) is 4.82. The summed E-state index contributed by atoms with van der Waals surface area (Å²) in [5.74, 6) is -0.715. The zero-order chi connectivity index (χ0) is 12.1. The van der Waals surface area contributed by atoms with Gasteiger partial charge in [-0.1, -0.05) is 6.92 Å². The van der Waals surface area contributed by atoms with Crippen LogP contribution in [0, 0.1) is 0 Å². The number of nitrogens with zero attached hydrogens (tertiary/aromatic N) is 2. The first-order valence-electron chi connectivity index (χ1n) is 6.24. The Balaban J connectivity index is 2.41. The van der Waals surface area contributed by atoms with Gasteiger partial charge in [-0.2, -0.15) is 0 Å². The molecule has 0 saturated carbocycles. The summed E-state index contributed by atoms with van der Waals surface area (Å²) in [6, 6.07) is 1.06. The third-order valence-electron chi connectivity index (χ3n) is 3.49. The van der Waals surface area contributed by atoms with E-state index in [-0.39, 0.29) is 6.54 Å². The second-order valence-corrected chi connectivity index (χ2v) is 4.82. The summed E-state index contributed by atoms with van der Waals surface area (Å²) in [6.07, 6.45) is 2.19. The molecule has 1 fully saturated rings. The van der Waals surface area contributed by atoms with Crippen molar-refractivity contribution in [1.82, 2.24) is 9.80 Å². The Morgan fingerprint density at radius 3 is 2.38 bits per heavy atom. The smallest absolute Gasteiger partial charge is 0.317 e. The van der Waals surface area contributed by atoms with Gasteiger partial charge in [0.25, 0.3) is 0 Å². The van der Waals surface area contributed by atoms with Gasteiger partial charge in [0.2, 0.25) is 0 Å². The van der Waals surface area contributed by atoms with Gasteiger partial charge in [0, 0.05) is 12.1 Å². The third-order valence-corrected chi connectivity index (χ3v) is 3.49. The lowest BCUT2D eigenvalue weighted by Gasteiger charge is -2.39. The molecule has 1 saturated heterocycles. The highest BCUT2D eigenvalue weighted by Crippen LogP contribution is 2.17. The van der Waals surface area contributed by atoms with E-state index in [1.165, 1.54) is 0 Å². The molecular weight excluding hydrogens is 204 g/mol. The molecule has 0 amide bonds. The van der Waals surface area contributed by atoms with Gasteiger partial charge >= 0.3 is 5.97 Å². The molecular formula is C12H24N2O2. The van der Waals surface area contributed by atoms with Crippen LogP contribution >= 0.6 is 0 Å². The van der Waals surface area contributed by atoms with Gasteiger partial charge in [0.1, 0.15) is 0 Å². The fourth-order valence-corrected chi connectivity index (χ4v) is 2.44. The Bertz CT molecular complexity index is 223. The van der Waals surface area contributed by atoms with Crippen LogP contribution in [0.25, 0.3) is 0 Å². The highest BCUT2D eigenvalue weighted by molar-refractivity contribution is 5.69. The Morgan fingerprint density at radius 2 is 2.00 bits per heavy atom. The molecule has 0 aromatic carbocycles. The Hall–Kier alpha value is -0.610. The van der Waals surface area contributed by atoms with Crippen molar-refractivity contribution in [3.05, 3.63) is 0 Å². The highest BCUT2D eigenvalue weighted by atomic mass is 16.4. The Kier molecular flexibility index (Phi) is 5.22. The number of rotatable bonds is 5. The minimum Gasteiger partial charge on any atom is -0.480 e. The molecule has 4 heteroatoms. The maximum Gasteiger partial charge on any atom is 0.317 e. The first-order valence-corrected chi connectivity index (χ1v) is 6.24. The van der Waals surface area contributed by atoms with E-state index < -0.39 is 5.97 Å². The average molecular weight is 228 g/mol. The summed E-state index contributed by atoms with van der Waals surface area (Å²) in [5.41, 5.74) is 0. The van der Waals surface area contributed by atoms with E-state index in [9.17, 15) is 4.79 Å². The van der Waals surface area contributed by atoms with Crippen LogP contribution in [-0.4, -0.2) is 59.1 Å². The van der Waals surface area contributed by atoms with Crippen molar-refractivity contribution in [2.45, 2.75) is 45.7 Å². The lowest BCUT2D eigenvalue weighted by Crippen LogP contribution is -2.48. The van der Waals surface area contributed by atoms with E-state index in [0.29, 0.717) is 12.1 Å². The summed E-state index contributed by atoms with van der Waals surface area (Å²) in [4.78, 5) is 15.3. The van der Waals surface area contributed by atoms with Crippen molar-refractivity contribution >= 4 is 5.97 Å². The maximum atomic E-state index is 10.7. The fourth-order valence-electron chi connectivity index (χ4n) is 2.44. The van der Waals surface area contributed by atoms with Crippen LogP contribution < -0.4 is 0 Å². The SMILES string of the molecule is CCN(CC(=O)O)C1CCN(C(C)C)CC1. The fraction of sp³-hybridized carbons (Fsp3) is 0.917. The molecule has 4 nitrogen and oxygen atoms in total. The van der Waals surface area contributed by atoms with Gasteiger partial charge in [-0.25, -0.2) is 0 Å². The molecule has 0 aromatic rings. The summed E-state index contributed by atoms with van der Waals surface area (Å²) >= 11 is 0. The topological polar surface area (TPSA) is 43.8 Å². The molecule has 16 heavy (non-hydrogen) atoms. The molecule has 0 spiro atoms. The number of carboxylic acids is 1. The van der Waals surface area contributed by atoms with Crippen molar-refractivity contribution in [1.29, 1.82) is 0 Å². The van der Waals surface area contributed by atoms with E-state index in [0.717, 1.165) is 32.5 Å². The van der Waals surface area contributed by atoms with Crippen LogP contribution in [0.5, 0.6) is 0 Å². The van der Waals surface area contributed by atoms with Crippen LogP contribution in [0.4, 0.5) is 0 Å². The van der Waals surface area contributed by atoms with E-state index in [1.54, 1.807) is 0 Å². The second kappa shape index (κ2) is 6.21. The first-order chi connectivity index (χ1) is 7.54. The summed E-state index contributed by atoms with van der Waals surface area (Å²) in [6.45, 7) is 9.68. The summed E-state index contributed by atoms with van der Waals surface area (Å²) in [7, 11) is 0. The zero-order valence-corrected chi connectivity index (χ0v) is 10.6. The lowest BCUT2D eigenvalue weighted by atomic mass is 10.0. The molecule has 1 rings (SSSR count). The zero-order valence-electron chi connectivity index (χ0n) is 10.6. The van der Waals surface area contributed by atoms with Crippen molar-refractivity contribution in [2.75, 3.05) is 26.2 Å². The van der Waals surface area contributed by atoms with E-state index >= 15 is 0 Å². The van der Waals surface area contributed by atoms with Gasteiger partial charge in [-0.15, -0.1) is 0 Å². The van der Waals surface area contributed by atoms with Gasteiger partial charge in [0.15, 0.2) is 0 Å². The van der Waals surface area contributed by atoms with Crippen molar-refractivity contribution in [3.8, 4) is 0 Å². The molecule has 0 aliphatic carbocycles. The van der Waals surface area contributed by atoms with Gasteiger partial charge < -0.3 is 10.0 Å². The minimum absolute atomic E-state index is 0.183. The quantitative estimate of drug-likeness (QED) is 0.769. The number of carbonyl (C=O) groups is 1. The number of piperidine rings is 1. The van der Waals surface area contributed by atoms with Crippen LogP contribution in [0.2, 0.25) is 0 Å². The molecule has 0 bridgehead atoms. The van der Waals surface area contributed by atoms with Crippen molar-refractivity contribution in [2.24, 2.45) is 0 Å². The lowest BCUT2D eigenvalue weighted by molar-refractivity contribution is -0.139.